The number of benzene rings is 1. The van der Waals surface area contributed by atoms with Gasteiger partial charge in [-0.2, -0.15) is 0 Å². The van der Waals surface area contributed by atoms with Crippen LogP contribution in [0.2, 0.25) is 0 Å². The number of fused-ring (bicyclic) bond motifs is 1. The zero-order valence-corrected chi connectivity index (χ0v) is 15.7. The summed E-state index contributed by atoms with van der Waals surface area (Å²) in [4.78, 5) is 9.82. The number of nitrogens with two attached hydrogens (primary N) is 1. The normalized spacial score (nSPS) is 11.8. The van der Waals surface area contributed by atoms with Crippen LogP contribution in [0.3, 0.4) is 0 Å². The van der Waals surface area contributed by atoms with Gasteiger partial charge in [0.1, 0.15) is 18.0 Å². The zero-order chi connectivity index (χ0) is 17.9. The summed E-state index contributed by atoms with van der Waals surface area (Å²) in [5.74, 6) is 0.651. The van der Waals surface area contributed by atoms with E-state index in [1.54, 1.807) is 29.8 Å². The topological polar surface area (TPSA) is 54.4 Å². The maximum Gasteiger partial charge on any atom is 0.147 e. The number of halogens is 1. The van der Waals surface area contributed by atoms with E-state index in [1.165, 1.54) is 12.1 Å². The molecule has 3 rings (SSSR count). The molecule has 0 fully saturated rings. The highest BCUT2D eigenvalue weighted by Crippen LogP contribution is 2.35. The molecule has 0 aliphatic rings. The Hall–Kier alpha value is -2.05. The van der Waals surface area contributed by atoms with Crippen molar-refractivity contribution in [2.45, 2.75) is 32.7 Å². The maximum absolute atomic E-state index is 13.1. The molecule has 4 nitrogen and oxygen atoms in total. The first-order valence-electron chi connectivity index (χ1n) is 8.51. The Morgan fingerprint density at radius 1 is 1.16 bits per heavy atom. The minimum atomic E-state index is -0.223. The van der Waals surface area contributed by atoms with Crippen molar-refractivity contribution < 1.29 is 9.71 Å². The largest absolute Gasteiger partial charge is 0.369 e. The lowest BCUT2D eigenvalue weighted by molar-refractivity contribution is -0.716. The Balaban J connectivity index is 1.70. The van der Waals surface area contributed by atoms with Gasteiger partial charge in [0.05, 0.1) is 22.3 Å². The van der Waals surface area contributed by atoms with Crippen molar-refractivity contribution in [3.8, 4) is 10.4 Å². The molecule has 6 heteroatoms. The summed E-state index contributed by atoms with van der Waals surface area (Å²) in [5.41, 5.74) is 2.18. The number of hydrogen-bond acceptors (Lipinski definition) is 4. The molecule has 1 aromatic carbocycles. The summed E-state index contributed by atoms with van der Waals surface area (Å²) in [6.07, 6.45) is 2.66. The smallest absolute Gasteiger partial charge is 0.147 e. The third kappa shape index (κ3) is 4.74. The standard InChI is InChI=1S/C19H23FN4S/c1-19(2,3)24-10-4-9-21-18-17-15(22-12-23-18)11-16(25-17)13-5-7-14(20)8-6-13/h5-8,11-12,24H,4,9-10H2,1-3H3,(H,21,22,23)/p+1. The third-order valence-electron chi connectivity index (χ3n) is 3.87. The van der Waals surface area contributed by atoms with Crippen LogP contribution in [-0.4, -0.2) is 28.6 Å². The Bertz CT molecular complexity index is 837. The summed E-state index contributed by atoms with van der Waals surface area (Å²) in [5, 5.41) is 5.78. The summed E-state index contributed by atoms with van der Waals surface area (Å²) in [6.45, 7) is 8.61. The molecule has 2 aromatic heterocycles. The van der Waals surface area contributed by atoms with E-state index in [1.807, 2.05) is 6.07 Å². The van der Waals surface area contributed by atoms with Crippen molar-refractivity contribution in [1.29, 1.82) is 0 Å². The van der Waals surface area contributed by atoms with Crippen LogP contribution in [-0.2, 0) is 0 Å². The van der Waals surface area contributed by atoms with Crippen molar-refractivity contribution >= 4 is 27.4 Å². The van der Waals surface area contributed by atoms with Gasteiger partial charge in [0, 0.05) is 17.8 Å². The highest BCUT2D eigenvalue weighted by molar-refractivity contribution is 7.22. The summed E-state index contributed by atoms with van der Waals surface area (Å²) in [7, 11) is 0. The van der Waals surface area contributed by atoms with E-state index in [0.717, 1.165) is 46.0 Å². The molecule has 0 amide bonds. The molecule has 0 saturated heterocycles. The first kappa shape index (κ1) is 17.8. The van der Waals surface area contributed by atoms with Crippen molar-refractivity contribution in [1.82, 2.24) is 9.97 Å². The average Bonchev–Trinajstić information content (AvgIpc) is 2.99. The van der Waals surface area contributed by atoms with Gasteiger partial charge in [-0.15, -0.1) is 11.3 Å². The van der Waals surface area contributed by atoms with Crippen LogP contribution < -0.4 is 10.6 Å². The monoisotopic (exact) mass is 359 g/mol. The molecule has 25 heavy (non-hydrogen) atoms. The summed E-state index contributed by atoms with van der Waals surface area (Å²) in [6, 6.07) is 8.59. The number of thiophene rings is 1. The second kappa shape index (κ2) is 7.45. The Kier molecular flexibility index (Phi) is 5.30. The minimum Gasteiger partial charge on any atom is -0.369 e. The van der Waals surface area contributed by atoms with Crippen LogP contribution in [0.5, 0.6) is 0 Å². The van der Waals surface area contributed by atoms with E-state index in [4.69, 9.17) is 0 Å². The number of quaternary nitrogens is 1. The average molecular weight is 359 g/mol. The fraction of sp³-hybridized carbons (Fsp3) is 0.368. The zero-order valence-electron chi connectivity index (χ0n) is 14.8. The van der Waals surface area contributed by atoms with E-state index in [9.17, 15) is 4.39 Å². The molecular formula is C19H24FN4S+. The second-order valence-electron chi connectivity index (χ2n) is 7.19. The molecule has 0 bridgehead atoms. The SMILES string of the molecule is CC(C)(C)[NH2+]CCCNc1ncnc2cc(-c3ccc(F)cc3)sc12. The van der Waals surface area contributed by atoms with Crippen molar-refractivity contribution in [2.24, 2.45) is 0 Å². The molecule has 3 N–H and O–H groups in total. The molecule has 2 heterocycles. The van der Waals surface area contributed by atoms with E-state index in [-0.39, 0.29) is 11.4 Å². The van der Waals surface area contributed by atoms with Gasteiger partial charge >= 0.3 is 0 Å². The highest BCUT2D eigenvalue weighted by Gasteiger charge is 2.12. The van der Waals surface area contributed by atoms with E-state index in [2.05, 4.69) is 41.4 Å². The molecule has 0 aliphatic heterocycles. The summed E-state index contributed by atoms with van der Waals surface area (Å²) < 4.78 is 14.2. The van der Waals surface area contributed by atoms with Gasteiger partial charge in [0.25, 0.3) is 0 Å². The van der Waals surface area contributed by atoms with Gasteiger partial charge in [0.15, 0.2) is 0 Å². The van der Waals surface area contributed by atoms with Crippen molar-refractivity contribution in [3.05, 3.63) is 42.5 Å². The number of aromatic nitrogens is 2. The van der Waals surface area contributed by atoms with Crippen LogP contribution in [0.15, 0.2) is 36.7 Å². The number of hydrogen-bond donors (Lipinski definition) is 2. The fourth-order valence-corrected chi connectivity index (χ4v) is 3.66. The van der Waals surface area contributed by atoms with Crippen LogP contribution in [0, 0.1) is 5.82 Å². The van der Waals surface area contributed by atoms with Gasteiger partial charge in [-0.1, -0.05) is 12.1 Å². The Morgan fingerprint density at radius 3 is 2.64 bits per heavy atom. The van der Waals surface area contributed by atoms with E-state index < -0.39 is 0 Å². The lowest BCUT2D eigenvalue weighted by Gasteiger charge is -2.16. The van der Waals surface area contributed by atoms with Crippen LogP contribution in [0.25, 0.3) is 20.7 Å². The molecule has 0 unspecified atom stereocenters. The predicted molar refractivity (Wildman–Crippen MR) is 102 cm³/mol. The molecule has 0 aliphatic carbocycles. The Morgan fingerprint density at radius 2 is 1.92 bits per heavy atom. The number of nitrogens with one attached hydrogen (secondary N) is 1. The van der Waals surface area contributed by atoms with Crippen molar-refractivity contribution in [3.63, 3.8) is 0 Å². The van der Waals surface area contributed by atoms with Crippen LogP contribution in [0.4, 0.5) is 10.2 Å². The number of rotatable bonds is 6. The van der Waals surface area contributed by atoms with Gasteiger partial charge < -0.3 is 10.6 Å². The quantitative estimate of drug-likeness (QED) is 0.661. The Labute approximate surface area is 151 Å². The molecule has 0 spiro atoms. The molecule has 0 saturated carbocycles. The van der Waals surface area contributed by atoms with Gasteiger partial charge in [-0.25, -0.2) is 14.4 Å². The summed E-state index contributed by atoms with van der Waals surface area (Å²) >= 11 is 1.63. The molecular weight excluding hydrogens is 335 g/mol. The number of anilines is 1. The van der Waals surface area contributed by atoms with Crippen LogP contribution >= 0.6 is 11.3 Å². The van der Waals surface area contributed by atoms with Gasteiger partial charge in [-0.05, 0) is 44.5 Å². The molecule has 0 radical (unpaired) electrons. The first-order chi connectivity index (χ1) is 11.9. The van der Waals surface area contributed by atoms with E-state index >= 15 is 0 Å². The minimum absolute atomic E-state index is 0.223. The predicted octanol–water partition coefficient (Wildman–Crippen LogP) is 3.66. The maximum atomic E-state index is 13.1. The lowest BCUT2D eigenvalue weighted by Crippen LogP contribution is -2.94. The molecule has 132 valence electrons. The van der Waals surface area contributed by atoms with Gasteiger partial charge in [0.2, 0.25) is 0 Å². The second-order valence-corrected chi connectivity index (χ2v) is 8.25. The molecule has 0 atom stereocenters. The van der Waals surface area contributed by atoms with Gasteiger partial charge in [-0.3, -0.25) is 0 Å². The van der Waals surface area contributed by atoms with Crippen LogP contribution in [0.1, 0.15) is 27.2 Å². The van der Waals surface area contributed by atoms with Crippen molar-refractivity contribution in [2.75, 3.05) is 18.4 Å². The highest BCUT2D eigenvalue weighted by atomic mass is 32.1. The van der Waals surface area contributed by atoms with E-state index in [0.29, 0.717) is 0 Å². The fourth-order valence-electron chi connectivity index (χ4n) is 2.58. The lowest BCUT2D eigenvalue weighted by atomic mass is 10.1. The first-order valence-corrected chi connectivity index (χ1v) is 9.33. The third-order valence-corrected chi connectivity index (χ3v) is 5.05. The number of nitrogens with zero attached hydrogens (tertiary/aromatic N) is 2. The molecule has 3 aromatic rings.